The zero-order valence-corrected chi connectivity index (χ0v) is 11.5. The fourth-order valence-corrected chi connectivity index (χ4v) is 1.80. The second-order valence-electron chi connectivity index (χ2n) is 4.29. The van der Waals surface area contributed by atoms with Crippen molar-refractivity contribution in [3.05, 3.63) is 39.8 Å². The second kappa shape index (κ2) is 5.65. The molecule has 2 aromatic rings. The van der Waals surface area contributed by atoms with Crippen molar-refractivity contribution >= 4 is 17.2 Å². The molecule has 21 heavy (non-hydrogen) atoms. The van der Waals surface area contributed by atoms with Gasteiger partial charge in [0.05, 0.1) is 30.0 Å². The highest BCUT2D eigenvalue weighted by Crippen LogP contribution is 2.32. The number of nitrogens with zero attached hydrogens (tertiary/aromatic N) is 3. The van der Waals surface area contributed by atoms with Crippen LogP contribution in [0.4, 0.5) is 21.6 Å². The predicted octanol–water partition coefficient (Wildman–Crippen LogP) is 1.67. The van der Waals surface area contributed by atoms with E-state index in [1.54, 1.807) is 13.2 Å². The molecule has 3 N–H and O–H groups in total. The fraction of sp³-hybridized carbons (Fsp3) is 0.250. The van der Waals surface area contributed by atoms with E-state index in [4.69, 9.17) is 10.5 Å². The Kier molecular flexibility index (Phi) is 3.92. The number of hydrogen-bond donors (Lipinski definition) is 2. The van der Waals surface area contributed by atoms with E-state index < -0.39 is 16.4 Å². The largest absolute Gasteiger partial charge is 0.490 e. The van der Waals surface area contributed by atoms with Crippen molar-refractivity contribution in [2.24, 2.45) is 7.05 Å². The van der Waals surface area contributed by atoms with E-state index in [1.165, 1.54) is 17.9 Å². The van der Waals surface area contributed by atoms with Gasteiger partial charge >= 0.3 is 5.69 Å². The van der Waals surface area contributed by atoms with Crippen molar-refractivity contribution in [2.75, 3.05) is 18.2 Å². The Hall–Kier alpha value is -2.84. The summed E-state index contributed by atoms with van der Waals surface area (Å²) in [5.74, 6) is -0.315. The maximum absolute atomic E-state index is 13.9. The van der Waals surface area contributed by atoms with Gasteiger partial charge < -0.3 is 15.8 Å². The molecule has 0 aliphatic heterocycles. The molecular formula is C12H14FN5O3. The van der Waals surface area contributed by atoms with Crippen LogP contribution in [0.2, 0.25) is 0 Å². The molecule has 0 spiro atoms. The summed E-state index contributed by atoms with van der Waals surface area (Å²) in [4.78, 5) is 10.1. The molecular weight excluding hydrogens is 281 g/mol. The average molecular weight is 295 g/mol. The molecule has 9 heteroatoms. The van der Waals surface area contributed by atoms with E-state index in [-0.39, 0.29) is 18.0 Å². The van der Waals surface area contributed by atoms with Gasteiger partial charge in [-0.3, -0.25) is 14.8 Å². The van der Waals surface area contributed by atoms with E-state index in [9.17, 15) is 14.5 Å². The van der Waals surface area contributed by atoms with Gasteiger partial charge in [0.25, 0.3) is 0 Å². The van der Waals surface area contributed by atoms with Crippen molar-refractivity contribution in [1.29, 1.82) is 0 Å². The lowest BCUT2D eigenvalue weighted by atomic mass is 10.2. The van der Waals surface area contributed by atoms with E-state index in [0.717, 1.165) is 6.07 Å². The van der Waals surface area contributed by atoms with E-state index >= 15 is 0 Å². The molecule has 0 bridgehead atoms. The molecule has 0 aliphatic carbocycles. The summed E-state index contributed by atoms with van der Waals surface area (Å²) < 4.78 is 20.2. The van der Waals surface area contributed by atoms with Crippen molar-refractivity contribution in [3.63, 3.8) is 0 Å². The first-order valence-corrected chi connectivity index (χ1v) is 5.96. The molecule has 0 fully saturated rings. The molecule has 1 aromatic heterocycles. The summed E-state index contributed by atoms with van der Waals surface area (Å²) in [7, 11) is 2.97. The molecule has 0 aliphatic rings. The molecule has 8 nitrogen and oxygen atoms in total. The lowest BCUT2D eigenvalue weighted by molar-refractivity contribution is -0.385. The topological polar surface area (TPSA) is 108 Å². The quantitative estimate of drug-likeness (QED) is 0.641. The van der Waals surface area contributed by atoms with Crippen LogP contribution in [0.1, 0.15) is 5.56 Å². The number of nitrogen functional groups attached to an aromatic ring is 1. The lowest BCUT2D eigenvalue weighted by Crippen LogP contribution is -2.06. The van der Waals surface area contributed by atoms with Crippen molar-refractivity contribution in [2.45, 2.75) is 6.54 Å². The predicted molar refractivity (Wildman–Crippen MR) is 74.6 cm³/mol. The summed E-state index contributed by atoms with van der Waals surface area (Å²) in [6, 6.07) is 2.05. The number of hydrogen-bond acceptors (Lipinski definition) is 6. The number of anilines is 2. The summed E-state index contributed by atoms with van der Waals surface area (Å²) in [6.45, 7) is 0.234. The molecule has 0 saturated heterocycles. The number of halogens is 1. The molecule has 0 saturated carbocycles. The standard InChI is InChI=1S/C12H14FN5O3/c1-17-12(14)7(6-16-17)5-15-9-4-11(21-2)10(18(19)20)3-8(9)13/h3-4,6,15H,5,14H2,1-2H3. The first-order valence-electron chi connectivity index (χ1n) is 5.96. The minimum atomic E-state index is -0.745. The number of aryl methyl sites for hydroxylation is 1. The number of nitro benzene ring substituents is 1. The summed E-state index contributed by atoms with van der Waals surface area (Å²) in [5.41, 5.74) is 6.12. The van der Waals surface area contributed by atoms with Gasteiger partial charge in [-0.2, -0.15) is 5.10 Å². The molecule has 112 valence electrons. The van der Waals surface area contributed by atoms with Crippen LogP contribution in [0.3, 0.4) is 0 Å². The van der Waals surface area contributed by atoms with Crippen LogP contribution >= 0.6 is 0 Å². The van der Waals surface area contributed by atoms with Gasteiger partial charge in [0.15, 0.2) is 11.6 Å². The molecule has 0 amide bonds. The number of ether oxygens (including phenoxy) is 1. The van der Waals surface area contributed by atoms with Gasteiger partial charge in [-0.25, -0.2) is 4.39 Å². The number of aromatic nitrogens is 2. The van der Waals surface area contributed by atoms with E-state index in [1.807, 2.05) is 0 Å². The molecule has 0 atom stereocenters. The van der Waals surface area contributed by atoms with Gasteiger partial charge in [0.1, 0.15) is 5.82 Å². The highest BCUT2D eigenvalue weighted by molar-refractivity contribution is 5.59. The highest BCUT2D eigenvalue weighted by atomic mass is 19.1. The van der Waals surface area contributed by atoms with Gasteiger partial charge in [0, 0.05) is 25.2 Å². The van der Waals surface area contributed by atoms with Crippen LogP contribution in [0.25, 0.3) is 0 Å². The minimum Gasteiger partial charge on any atom is -0.490 e. The van der Waals surface area contributed by atoms with Gasteiger partial charge in [-0.1, -0.05) is 0 Å². The van der Waals surface area contributed by atoms with Crippen molar-refractivity contribution in [1.82, 2.24) is 9.78 Å². The molecule has 1 heterocycles. The van der Waals surface area contributed by atoms with Gasteiger partial charge in [-0.15, -0.1) is 0 Å². The van der Waals surface area contributed by atoms with Crippen molar-refractivity contribution in [3.8, 4) is 5.75 Å². The zero-order valence-electron chi connectivity index (χ0n) is 11.5. The minimum absolute atomic E-state index is 0.0249. The lowest BCUT2D eigenvalue weighted by Gasteiger charge is -2.09. The summed E-state index contributed by atoms with van der Waals surface area (Å²) in [6.07, 6.45) is 1.56. The Morgan fingerprint density at radius 1 is 1.57 bits per heavy atom. The van der Waals surface area contributed by atoms with Crippen LogP contribution in [-0.2, 0) is 13.6 Å². The second-order valence-corrected chi connectivity index (χ2v) is 4.29. The van der Waals surface area contributed by atoms with Crippen LogP contribution < -0.4 is 15.8 Å². The molecule has 2 rings (SSSR count). The third-order valence-electron chi connectivity index (χ3n) is 3.00. The normalized spacial score (nSPS) is 10.4. The summed E-state index contributed by atoms with van der Waals surface area (Å²) in [5, 5.41) is 17.6. The number of nitro groups is 1. The average Bonchev–Trinajstić information content (AvgIpc) is 2.77. The zero-order chi connectivity index (χ0) is 15.6. The van der Waals surface area contributed by atoms with E-state index in [2.05, 4.69) is 10.4 Å². The Morgan fingerprint density at radius 2 is 2.29 bits per heavy atom. The third-order valence-corrected chi connectivity index (χ3v) is 3.00. The number of rotatable bonds is 5. The van der Waals surface area contributed by atoms with Gasteiger partial charge in [0.2, 0.25) is 0 Å². The smallest absolute Gasteiger partial charge is 0.313 e. The van der Waals surface area contributed by atoms with Crippen LogP contribution in [0, 0.1) is 15.9 Å². The maximum Gasteiger partial charge on any atom is 0.313 e. The Labute approximate surface area is 119 Å². The Balaban J connectivity index is 2.24. The number of nitrogens with one attached hydrogen (secondary N) is 1. The molecule has 1 aromatic carbocycles. The Bertz CT molecular complexity index is 686. The fourth-order valence-electron chi connectivity index (χ4n) is 1.80. The highest BCUT2D eigenvalue weighted by Gasteiger charge is 2.19. The molecule has 0 unspecified atom stereocenters. The first-order chi connectivity index (χ1) is 9.93. The number of benzene rings is 1. The van der Waals surface area contributed by atoms with Crippen LogP contribution in [0.5, 0.6) is 5.75 Å². The molecule has 0 radical (unpaired) electrons. The summed E-state index contributed by atoms with van der Waals surface area (Å²) >= 11 is 0. The van der Waals surface area contributed by atoms with Crippen molar-refractivity contribution < 1.29 is 14.1 Å². The third kappa shape index (κ3) is 2.86. The SMILES string of the molecule is COc1cc(NCc2cnn(C)c2N)c(F)cc1[N+](=O)[O-]. The van der Waals surface area contributed by atoms with Gasteiger partial charge in [-0.05, 0) is 0 Å². The number of methoxy groups -OCH3 is 1. The monoisotopic (exact) mass is 295 g/mol. The van der Waals surface area contributed by atoms with Crippen LogP contribution in [0.15, 0.2) is 18.3 Å². The first kappa shape index (κ1) is 14.6. The van der Waals surface area contributed by atoms with E-state index in [0.29, 0.717) is 11.4 Å². The maximum atomic E-state index is 13.9. The Morgan fingerprint density at radius 3 is 2.81 bits per heavy atom. The number of nitrogens with two attached hydrogens (primary N) is 1. The van der Waals surface area contributed by atoms with Crippen LogP contribution in [-0.4, -0.2) is 21.8 Å².